The highest BCUT2D eigenvalue weighted by Crippen LogP contribution is 2.49. The molecule has 3 amide bonds. The summed E-state index contributed by atoms with van der Waals surface area (Å²) in [6.45, 7) is 3.36. The zero-order valence-corrected chi connectivity index (χ0v) is 25.2. The van der Waals surface area contributed by atoms with E-state index in [1.54, 1.807) is 11.0 Å². The van der Waals surface area contributed by atoms with Crippen molar-refractivity contribution in [3.8, 4) is 17.0 Å². The van der Waals surface area contributed by atoms with Crippen LogP contribution in [0.3, 0.4) is 0 Å². The molecule has 0 spiro atoms. The summed E-state index contributed by atoms with van der Waals surface area (Å²) >= 11 is 6.45. The highest BCUT2D eigenvalue weighted by Gasteiger charge is 2.58. The largest absolute Gasteiger partial charge is 0.494 e. The summed E-state index contributed by atoms with van der Waals surface area (Å²) in [4.78, 5) is 55.0. The monoisotopic (exact) mass is 644 g/mol. The second kappa shape index (κ2) is 13.2. The summed E-state index contributed by atoms with van der Waals surface area (Å²) in [5.41, 5.74) is 0.726. The number of amides is 3. The van der Waals surface area contributed by atoms with Crippen molar-refractivity contribution in [1.82, 2.24) is 24.7 Å². The molecule has 15 heteroatoms. The van der Waals surface area contributed by atoms with E-state index in [9.17, 15) is 23.2 Å². The number of carboxylic acid groups (broad SMARTS) is 1. The summed E-state index contributed by atoms with van der Waals surface area (Å²) < 4.78 is 35.0. The second-order valence-corrected chi connectivity index (χ2v) is 11.3. The Morgan fingerprint density at radius 3 is 2.33 bits per heavy atom. The molecular formula is C30H31ClF2N6O6. The van der Waals surface area contributed by atoms with Gasteiger partial charge < -0.3 is 34.8 Å². The van der Waals surface area contributed by atoms with Gasteiger partial charge in [-0.15, -0.1) is 0 Å². The lowest BCUT2D eigenvalue weighted by atomic mass is 10.1. The number of hydrogen-bond donors (Lipinski definition) is 3. The first-order valence-electron chi connectivity index (χ1n) is 14.1. The van der Waals surface area contributed by atoms with Crippen LogP contribution in [-0.2, 0) is 16.6 Å². The van der Waals surface area contributed by atoms with Crippen LogP contribution in [0.4, 0.5) is 14.5 Å². The number of imidazole rings is 1. The Labute approximate surface area is 261 Å². The summed E-state index contributed by atoms with van der Waals surface area (Å²) in [6, 6.07) is 7.20. The van der Waals surface area contributed by atoms with Crippen molar-refractivity contribution in [2.45, 2.75) is 0 Å². The number of aromatic nitrogens is 2. The van der Waals surface area contributed by atoms with Gasteiger partial charge in [-0.2, -0.15) is 4.39 Å². The molecule has 3 N–H and O–H groups in total. The number of halogens is 3. The maximum Gasteiger partial charge on any atom is 0.291 e. The third kappa shape index (κ3) is 6.20. The van der Waals surface area contributed by atoms with Crippen LogP contribution in [0, 0.1) is 29.4 Å². The summed E-state index contributed by atoms with van der Waals surface area (Å²) in [7, 11) is 2.74. The third-order valence-corrected chi connectivity index (χ3v) is 8.76. The van der Waals surface area contributed by atoms with Crippen molar-refractivity contribution >= 4 is 41.5 Å². The van der Waals surface area contributed by atoms with Crippen molar-refractivity contribution in [1.29, 1.82) is 0 Å². The molecule has 0 bridgehead atoms. The van der Waals surface area contributed by atoms with Gasteiger partial charge in [0.05, 0.1) is 29.6 Å². The van der Waals surface area contributed by atoms with Gasteiger partial charge in [-0.1, -0.05) is 11.6 Å². The fourth-order valence-corrected chi connectivity index (χ4v) is 6.27. The van der Waals surface area contributed by atoms with Crippen LogP contribution in [0.25, 0.3) is 11.3 Å². The van der Waals surface area contributed by atoms with Crippen molar-refractivity contribution in [2.24, 2.45) is 24.8 Å². The van der Waals surface area contributed by atoms with E-state index in [1.165, 1.54) is 49.2 Å². The van der Waals surface area contributed by atoms with E-state index in [1.807, 2.05) is 4.90 Å². The van der Waals surface area contributed by atoms with Gasteiger partial charge in [0.2, 0.25) is 11.7 Å². The minimum Gasteiger partial charge on any atom is -0.494 e. The molecule has 2 aliphatic heterocycles. The van der Waals surface area contributed by atoms with Crippen molar-refractivity contribution in [3.05, 3.63) is 64.6 Å². The number of rotatable bonds is 6. The van der Waals surface area contributed by atoms with E-state index in [-0.39, 0.29) is 57.6 Å². The van der Waals surface area contributed by atoms with E-state index in [4.69, 9.17) is 26.2 Å². The van der Waals surface area contributed by atoms with Gasteiger partial charge in [0.25, 0.3) is 18.3 Å². The standard InChI is InChI=1S/C29H29ClF2N6O4.CH2O2/c1-36-21(17-5-6-22(42-2)25(32)24(17)31)14-34-26(36)27(39)35-15-3-4-16(20(30)11-15)28(40)37-7-9-38(10-8-37)29(41)23-18-12-33-13-19(18)23;2-1-3/h3-6,11,14,18-19,23,33H,7-10,12-13H2,1-2H3,(H,35,39);1H,(H,2,3)/t18-,19+,23?;. The number of piperazine rings is 1. The fraction of sp³-hybridized carbons (Fsp3) is 0.367. The van der Waals surface area contributed by atoms with Gasteiger partial charge in [0.1, 0.15) is 0 Å². The topological polar surface area (TPSA) is 146 Å². The molecule has 238 valence electrons. The Kier molecular flexibility index (Phi) is 9.34. The Balaban J connectivity index is 0.00000128. The fourth-order valence-electron chi connectivity index (χ4n) is 6.01. The Bertz CT molecular complexity index is 1630. The molecule has 3 fully saturated rings. The number of nitrogens with one attached hydrogen (secondary N) is 2. The lowest BCUT2D eigenvalue weighted by Gasteiger charge is -2.35. The highest BCUT2D eigenvalue weighted by molar-refractivity contribution is 6.34. The molecule has 1 saturated carbocycles. The van der Waals surface area contributed by atoms with Crippen molar-refractivity contribution in [3.63, 3.8) is 0 Å². The minimum atomic E-state index is -1.14. The molecule has 0 radical (unpaired) electrons. The minimum absolute atomic E-state index is 0.0459. The van der Waals surface area contributed by atoms with Crippen LogP contribution in [0.2, 0.25) is 5.02 Å². The normalized spacial score (nSPS) is 20.1. The van der Waals surface area contributed by atoms with Gasteiger partial charge in [-0.3, -0.25) is 19.2 Å². The first kappa shape index (κ1) is 31.9. The van der Waals surface area contributed by atoms with Gasteiger partial charge in [-0.05, 0) is 55.3 Å². The number of piperidine rings is 1. The number of methoxy groups -OCH3 is 1. The molecule has 1 aliphatic carbocycles. The number of carbonyl (C=O) groups is 4. The Morgan fingerprint density at radius 2 is 1.71 bits per heavy atom. The highest BCUT2D eigenvalue weighted by atomic mass is 35.5. The molecule has 6 rings (SSSR count). The van der Waals surface area contributed by atoms with E-state index in [0.29, 0.717) is 43.7 Å². The van der Waals surface area contributed by atoms with E-state index in [0.717, 1.165) is 13.1 Å². The van der Waals surface area contributed by atoms with E-state index >= 15 is 0 Å². The zero-order valence-electron chi connectivity index (χ0n) is 24.4. The number of benzene rings is 2. The maximum absolute atomic E-state index is 14.6. The summed E-state index contributed by atoms with van der Waals surface area (Å²) in [5.74, 6) is -2.17. The van der Waals surface area contributed by atoms with Crippen molar-refractivity contribution < 1.29 is 37.8 Å². The van der Waals surface area contributed by atoms with Gasteiger partial charge >= 0.3 is 0 Å². The van der Waals surface area contributed by atoms with Gasteiger partial charge in [0, 0.05) is 50.4 Å². The van der Waals surface area contributed by atoms with Crippen LogP contribution >= 0.6 is 11.6 Å². The molecular weight excluding hydrogens is 614 g/mol. The lowest BCUT2D eigenvalue weighted by molar-refractivity contribution is -0.134. The third-order valence-electron chi connectivity index (χ3n) is 8.45. The number of fused-ring (bicyclic) bond motifs is 1. The smallest absolute Gasteiger partial charge is 0.291 e. The number of ether oxygens (including phenoxy) is 1. The molecule has 2 saturated heterocycles. The van der Waals surface area contributed by atoms with Crippen molar-refractivity contribution in [2.75, 3.05) is 51.7 Å². The summed E-state index contributed by atoms with van der Waals surface area (Å²) in [6.07, 6.45) is 1.27. The number of anilines is 1. The second-order valence-electron chi connectivity index (χ2n) is 10.9. The zero-order chi connectivity index (χ0) is 32.4. The SMILES string of the molecule is COc1ccc(-c2cnc(C(=O)Nc3ccc(C(=O)N4CCN(C(=O)C5[C@H]6CNC[C@@H]56)CC4)c(Cl)c3)n2C)c(F)c1F.O=CO. The van der Waals surface area contributed by atoms with Crippen LogP contribution in [0.15, 0.2) is 36.5 Å². The molecule has 3 aromatic rings. The molecule has 45 heavy (non-hydrogen) atoms. The number of nitrogens with zero attached hydrogens (tertiary/aromatic N) is 4. The average molecular weight is 645 g/mol. The number of hydrogen-bond acceptors (Lipinski definition) is 7. The molecule has 2 aromatic carbocycles. The summed E-state index contributed by atoms with van der Waals surface area (Å²) in [5, 5.41) is 13.0. The van der Waals surface area contributed by atoms with E-state index < -0.39 is 17.5 Å². The number of carbonyl (C=O) groups excluding carboxylic acids is 3. The molecule has 3 heterocycles. The van der Waals surface area contributed by atoms with Gasteiger partial charge in [0.15, 0.2) is 17.4 Å². The molecule has 3 aliphatic rings. The van der Waals surface area contributed by atoms with Crippen LogP contribution < -0.4 is 15.4 Å². The van der Waals surface area contributed by atoms with Crippen LogP contribution in [0.1, 0.15) is 21.0 Å². The van der Waals surface area contributed by atoms with E-state index in [2.05, 4.69) is 15.6 Å². The van der Waals surface area contributed by atoms with Gasteiger partial charge in [-0.25, -0.2) is 9.37 Å². The van der Waals surface area contributed by atoms with Crippen LogP contribution in [-0.4, -0.2) is 95.0 Å². The average Bonchev–Trinajstić information content (AvgIpc) is 3.30. The maximum atomic E-state index is 14.6. The molecule has 1 unspecified atom stereocenters. The Morgan fingerprint density at radius 1 is 1.07 bits per heavy atom. The first-order chi connectivity index (χ1) is 21.6. The predicted octanol–water partition coefficient (Wildman–Crippen LogP) is 2.73. The molecule has 1 aromatic heterocycles. The Hall–Kier alpha value is -4.56. The predicted molar refractivity (Wildman–Crippen MR) is 159 cm³/mol. The lowest BCUT2D eigenvalue weighted by Crippen LogP contribution is -2.51. The quantitative estimate of drug-likeness (QED) is 0.347. The molecule has 12 nitrogen and oxygen atoms in total. The molecule has 3 atom stereocenters. The van der Waals surface area contributed by atoms with Crippen LogP contribution in [0.5, 0.6) is 5.75 Å². The first-order valence-corrected chi connectivity index (χ1v) is 14.5.